The van der Waals surface area contributed by atoms with E-state index in [2.05, 4.69) is 42.4 Å². The van der Waals surface area contributed by atoms with Crippen molar-refractivity contribution in [1.82, 2.24) is 15.0 Å². The summed E-state index contributed by atoms with van der Waals surface area (Å²) in [4.78, 5) is 0. The van der Waals surface area contributed by atoms with Crippen LogP contribution in [0.5, 0.6) is 0 Å². The summed E-state index contributed by atoms with van der Waals surface area (Å²) >= 11 is 0. The van der Waals surface area contributed by atoms with Crippen molar-refractivity contribution in [2.24, 2.45) is 5.73 Å². The number of nitrogens with two attached hydrogens (primary N) is 1. The highest BCUT2D eigenvalue weighted by molar-refractivity contribution is 5.29. The molecule has 2 N–H and O–H groups in total. The molecule has 2 aromatic rings. The van der Waals surface area contributed by atoms with Crippen LogP contribution in [0.2, 0.25) is 0 Å². The summed E-state index contributed by atoms with van der Waals surface area (Å²) in [5.41, 5.74) is 11.1. The van der Waals surface area contributed by atoms with Gasteiger partial charge in [-0.15, -0.1) is 5.10 Å². The van der Waals surface area contributed by atoms with Crippen LogP contribution in [-0.4, -0.2) is 15.0 Å². The second kappa shape index (κ2) is 5.31. The molecule has 0 radical (unpaired) electrons. The number of hydrogen-bond acceptors (Lipinski definition) is 3. The average molecular weight is 244 g/mol. The first-order valence-corrected chi connectivity index (χ1v) is 6.31. The maximum Gasteiger partial charge on any atom is 0.0757 e. The molecule has 0 aliphatic rings. The smallest absolute Gasteiger partial charge is 0.0757 e. The normalized spacial score (nSPS) is 12.7. The molecule has 1 unspecified atom stereocenters. The van der Waals surface area contributed by atoms with Crippen LogP contribution in [0.25, 0.3) is 0 Å². The molecule has 1 atom stereocenters. The van der Waals surface area contributed by atoms with Crippen LogP contribution in [-0.2, 0) is 13.0 Å². The molecule has 0 fully saturated rings. The van der Waals surface area contributed by atoms with Gasteiger partial charge in [-0.3, -0.25) is 0 Å². The fourth-order valence-electron chi connectivity index (χ4n) is 2.34. The Hall–Kier alpha value is -1.68. The van der Waals surface area contributed by atoms with Gasteiger partial charge in [-0.25, -0.2) is 4.68 Å². The lowest BCUT2D eigenvalue weighted by Crippen LogP contribution is -2.18. The topological polar surface area (TPSA) is 56.7 Å². The van der Waals surface area contributed by atoms with Crippen LogP contribution in [0.1, 0.15) is 35.3 Å². The number of aromatic nitrogens is 3. The molecule has 1 aromatic heterocycles. The van der Waals surface area contributed by atoms with Gasteiger partial charge in [0.2, 0.25) is 0 Å². The van der Waals surface area contributed by atoms with Gasteiger partial charge < -0.3 is 5.73 Å². The number of aryl methyl sites for hydroxylation is 3. The first-order valence-electron chi connectivity index (χ1n) is 6.31. The van der Waals surface area contributed by atoms with Crippen molar-refractivity contribution in [2.75, 3.05) is 0 Å². The average Bonchev–Trinajstić information content (AvgIpc) is 2.75. The Kier molecular flexibility index (Phi) is 3.77. The Balaban J connectivity index is 2.18. The molecule has 0 spiro atoms. The van der Waals surface area contributed by atoms with Crippen LogP contribution in [0, 0.1) is 13.8 Å². The Bertz CT molecular complexity index is 510. The number of rotatable bonds is 4. The summed E-state index contributed by atoms with van der Waals surface area (Å²) in [6.45, 7) is 7.07. The molecule has 4 heteroatoms. The third-order valence-corrected chi connectivity index (χ3v) is 3.06. The van der Waals surface area contributed by atoms with Crippen molar-refractivity contribution >= 4 is 0 Å². The highest BCUT2D eigenvalue weighted by Gasteiger charge is 2.13. The largest absolute Gasteiger partial charge is 0.322 e. The van der Waals surface area contributed by atoms with E-state index in [1.165, 1.54) is 16.7 Å². The van der Waals surface area contributed by atoms with Crippen LogP contribution in [0.3, 0.4) is 0 Å². The van der Waals surface area contributed by atoms with Crippen LogP contribution < -0.4 is 5.73 Å². The van der Waals surface area contributed by atoms with E-state index in [-0.39, 0.29) is 6.04 Å². The molecule has 96 valence electrons. The minimum atomic E-state index is -0.0545. The number of nitrogens with zero attached hydrogens (tertiary/aromatic N) is 3. The second-order valence-corrected chi connectivity index (χ2v) is 4.78. The number of hydrogen-bond donors (Lipinski definition) is 1. The molecule has 0 aliphatic carbocycles. The van der Waals surface area contributed by atoms with Crippen molar-refractivity contribution in [1.29, 1.82) is 0 Å². The van der Waals surface area contributed by atoms with E-state index in [4.69, 9.17) is 5.73 Å². The van der Waals surface area contributed by atoms with Crippen molar-refractivity contribution in [3.8, 4) is 0 Å². The van der Waals surface area contributed by atoms with Crippen molar-refractivity contribution < 1.29 is 0 Å². The fraction of sp³-hybridized carbons (Fsp3) is 0.429. The lowest BCUT2D eigenvalue weighted by Gasteiger charge is -2.13. The summed E-state index contributed by atoms with van der Waals surface area (Å²) in [7, 11) is 0. The van der Waals surface area contributed by atoms with Gasteiger partial charge in [-0.2, -0.15) is 0 Å². The third kappa shape index (κ3) is 2.76. The van der Waals surface area contributed by atoms with Gasteiger partial charge in [0.1, 0.15) is 0 Å². The Morgan fingerprint density at radius 1 is 1.22 bits per heavy atom. The molecule has 0 bridgehead atoms. The minimum Gasteiger partial charge on any atom is -0.322 e. The van der Waals surface area contributed by atoms with Gasteiger partial charge in [0.25, 0.3) is 0 Å². The predicted molar refractivity (Wildman–Crippen MR) is 72.2 cm³/mol. The van der Waals surface area contributed by atoms with Gasteiger partial charge in [0.15, 0.2) is 0 Å². The Morgan fingerprint density at radius 3 is 2.50 bits per heavy atom. The lowest BCUT2D eigenvalue weighted by molar-refractivity contribution is 0.556. The van der Waals surface area contributed by atoms with Crippen LogP contribution >= 0.6 is 0 Å². The number of benzene rings is 1. The van der Waals surface area contributed by atoms with Gasteiger partial charge in [0.05, 0.1) is 17.9 Å². The van der Waals surface area contributed by atoms with Gasteiger partial charge in [-0.1, -0.05) is 34.5 Å². The molecule has 1 heterocycles. The Morgan fingerprint density at radius 2 is 1.89 bits per heavy atom. The standard InChI is InChI=1S/C14H20N4/c1-4-18-14(9-16-17-18)13(15)8-12-6-10(2)5-11(3)7-12/h5-7,9,13H,4,8,15H2,1-3H3. The quantitative estimate of drug-likeness (QED) is 0.896. The zero-order valence-electron chi connectivity index (χ0n) is 11.2. The second-order valence-electron chi connectivity index (χ2n) is 4.78. The molecule has 18 heavy (non-hydrogen) atoms. The first kappa shape index (κ1) is 12.8. The molecule has 0 amide bonds. The summed E-state index contributed by atoms with van der Waals surface area (Å²) in [6, 6.07) is 6.49. The third-order valence-electron chi connectivity index (χ3n) is 3.06. The van der Waals surface area contributed by atoms with E-state index in [1.54, 1.807) is 6.20 Å². The lowest BCUT2D eigenvalue weighted by atomic mass is 10.0. The van der Waals surface area contributed by atoms with E-state index in [0.29, 0.717) is 0 Å². The molecular weight excluding hydrogens is 224 g/mol. The van der Waals surface area contributed by atoms with E-state index in [0.717, 1.165) is 18.7 Å². The zero-order chi connectivity index (χ0) is 13.1. The maximum absolute atomic E-state index is 6.25. The molecule has 0 aliphatic heterocycles. The highest BCUT2D eigenvalue weighted by Crippen LogP contribution is 2.17. The SMILES string of the molecule is CCn1nncc1C(N)Cc1cc(C)cc(C)c1. The zero-order valence-corrected chi connectivity index (χ0v) is 11.2. The van der Waals surface area contributed by atoms with Gasteiger partial charge in [0, 0.05) is 6.54 Å². The van der Waals surface area contributed by atoms with Gasteiger partial charge >= 0.3 is 0 Å². The molecule has 1 aromatic carbocycles. The maximum atomic E-state index is 6.25. The fourth-order valence-corrected chi connectivity index (χ4v) is 2.34. The summed E-state index contributed by atoms with van der Waals surface area (Å²) in [5, 5.41) is 7.94. The van der Waals surface area contributed by atoms with Crippen LogP contribution in [0.4, 0.5) is 0 Å². The van der Waals surface area contributed by atoms with Crippen LogP contribution in [0.15, 0.2) is 24.4 Å². The summed E-state index contributed by atoms with van der Waals surface area (Å²) in [6.07, 6.45) is 2.58. The summed E-state index contributed by atoms with van der Waals surface area (Å²) in [5.74, 6) is 0. The molecular formula is C14H20N4. The predicted octanol–water partition coefficient (Wildman–Crippen LogP) is 2.16. The van der Waals surface area contributed by atoms with E-state index in [9.17, 15) is 0 Å². The van der Waals surface area contributed by atoms with Crippen molar-refractivity contribution in [3.05, 3.63) is 46.8 Å². The van der Waals surface area contributed by atoms with Crippen molar-refractivity contribution in [2.45, 2.75) is 39.8 Å². The van der Waals surface area contributed by atoms with E-state index >= 15 is 0 Å². The monoisotopic (exact) mass is 244 g/mol. The van der Waals surface area contributed by atoms with E-state index < -0.39 is 0 Å². The van der Waals surface area contributed by atoms with E-state index in [1.807, 2.05) is 11.6 Å². The van der Waals surface area contributed by atoms with Crippen molar-refractivity contribution in [3.63, 3.8) is 0 Å². The molecule has 0 saturated carbocycles. The minimum absolute atomic E-state index is 0.0545. The highest BCUT2D eigenvalue weighted by atomic mass is 15.4. The molecule has 2 rings (SSSR count). The van der Waals surface area contributed by atoms with Gasteiger partial charge in [-0.05, 0) is 32.8 Å². The molecule has 0 saturated heterocycles. The summed E-state index contributed by atoms with van der Waals surface area (Å²) < 4.78 is 1.85. The molecule has 4 nitrogen and oxygen atoms in total. The first-order chi connectivity index (χ1) is 8.60. The Labute approximate surface area is 108 Å².